The molecule has 3 aromatic heterocycles. The van der Waals surface area contributed by atoms with Crippen LogP contribution in [0.1, 0.15) is 21.6 Å². The minimum atomic E-state index is -0.958. The summed E-state index contributed by atoms with van der Waals surface area (Å²) in [4.78, 5) is 20.2. The third kappa shape index (κ3) is 2.64. The standard InChI is InChI=1S/C15H12N2O2S2/c1-8-7-9(2)17-14(12(8)15(18)19)21-13-10-4-6-20-11(10)3-5-16-13/h3-7H,1-2H3,(H,18,19). The summed E-state index contributed by atoms with van der Waals surface area (Å²) in [5, 5.41) is 13.7. The summed E-state index contributed by atoms with van der Waals surface area (Å²) in [6.07, 6.45) is 1.74. The van der Waals surface area contributed by atoms with Gasteiger partial charge in [0.1, 0.15) is 10.1 Å². The van der Waals surface area contributed by atoms with Crippen molar-refractivity contribution in [1.82, 2.24) is 9.97 Å². The van der Waals surface area contributed by atoms with Gasteiger partial charge in [-0.15, -0.1) is 11.3 Å². The van der Waals surface area contributed by atoms with Crippen LogP contribution in [0.2, 0.25) is 0 Å². The molecule has 6 heteroatoms. The van der Waals surface area contributed by atoms with E-state index in [1.807, 2.05) is 24.4 Å². The van der Waals surface area contributed by atoms with Crippen LogP contribution in [-0.2, 0) is 0 Å². The van der Waals surface area contributed by atoms with Gasteiger partial charge in [0, 0.05) is 22.0 Å². The molecule has 0 aliphatic rings. The fourth-order valence-corrected chi connectivity index (χ4v) is 4.15. The summed E-state index contributed by atoms with van der Waals surface area (Å²) in [6, 6.07) is 5.74. The van der Waals surface area contributed by atoms with E-state index in [1.165, 1.54) is 11.8 Å². The lowest BCUT2D eigenvalue weighted by atomic mass is 10.1. The average Bonchev–Trinajstić information content (AvgIpc) is 2.86. The van der Waals surface area contributed by atoms with E-state index in [9.17, 15) is 9.90 Å². The van der Waals surface area contributed by atoms with E-state index in [0.717, 1.165) is 26.4 Å². The first-order valence-corrected chi connectivity index (χ1v) is 7.97. The predicted molar refractivity (Wildman–Crippen MR) is 84.4 cm³/mol. The summed E-state index contributed by atoms with van der Waals surface area (Å²) >= 11 is 2.95. The van der Waals surface area contributed by atoms with Gasteiger partial charge >= 0.3 is 5.97 Å². The lowest BCUT2D eigenvalue weighted by molar-refractivity contribution is 0.0691. The highest BCUT2D eigenvalue weighted by atomic mass is 32.2. The van der Waals surface area contributed by atoms with Crippen molar-refractivity contribution >= 4 is 39.2 Å². The van der Waals surface area contributed by atoms with E-state index in [2.05, 4.69) is 9.97 Å². The maximum absolute atomic E-state index is 11.5. The van der Waals surface area contributed by atoms with Gasteiger partial charge in [-0.3, -0.25) is 0 Å². The number of aryl methyl sites for hydroxylation is 2. The molecule has 0 amide bonds. The van der Waals surface area contributed by atoms with Gasteiger partial charge < -0.3 is 5.11 Å². The third-order valence-corrected chi connectivity index (χ3v) is 4.95. The summed E-state index contributed by atoms with van der Waals surface area (Å²) in [7, 11) is 0. The lowest BCUT2D eigenvalue weighted by Gasteiger charge is -2.09. The molecule has 0 saturated heterocycles. The summed E-state index contributed by atoms with van der Waals surface area (Å²) in [5.41, 5.74) is 1.77. The molecule has 0 bridgehead atoms. The van der Waals surface area contributed by atoms with Crippen molar-refractivity contribution in [2.24, 2.45) is 0 Å². The zero-order chi connectivity index (χ0) is 15.0. The Labute approximate surface area is 129 Å². The molecule has 3 aromatic rings. The van der Waals surface area contributed by atoms with Crippen LogP contribution in [0.5, 0.6) is 0 Å². The Hall–Kier alpha value is -1.92. The van der Waals surface area contributed by atoms with Gasteiger partial charge in [0.15, 0.2) is 0 Å². The number of pyridine rings is 2. The highest BCUT2D eigenvalue weighted by Crippen LogP contribution is 2.35. The Morgan fingerprint density at radius 1 is 1.29 bits per heavy atom. The number of aromatic carboxylic acids is 1. The van der Waals surface area contributed by atoms with Gasteiger partial charge in [-0.25, -0.2) is 14.8 Å². The quantitative estimate of drug-likeness (QED) is 0.786. The topological polar surface area (TPSA) is 63.1 Å². The highest BCUT2D eigenvalue weighted by Gasteiger charge is 2.18. The maximum Gasteiger partial charge on any atom is 0.338 e. The number of fused-ring (bicyclic) bond motifs is 1. The molecule has 4 nitrogen and oxygen atoms in total. The molecule has 106 valence electrons. The van der Waals surface area contributed by atoms with Crippen molar-refractivity contribution in [3.63, 3.8) is 0 Å². The van der Waals surface area contributed by atoms with Crippen LogP contribution in [0.4, 0.5) is 0 Å². The second kappa shape index (κ2) is 5.46. The summed E-state index contributed by atoms with van der Waals surface area (Å²) < 4.78 is 1.13. The Bertz CT molecular complexity index is 843. The lowest BCUT2D eigenvalue weighted by Crippen LogP contribution is -2.05. The molecular formula is C15H12N2O2S2. The van der Waals surface area contributed by atoms with Gasteiger partial charge in [0.05, 0.1) is 5.56 Å². The average molecular weight is 316 g/mol. The zero-order valence-electron chi connectivity index (χ0n) is 11.5. The van der Waals surface area contributed by atoms with Crippen LogP contribution >= 0.6 is 23.1 Å². The van der Waals surface area contributed by atoms with Crippen molar-refractivity contribution in [3.8, 4) is 0 Å². The van der Waals surface area contributed by atoms with Crippen LogP contribution < -0.4 is 0 Å². The molecule has 1 N–H and O–H groups in total. The third-order valence-electron chi connectivity index (χ3n) is 3.06. The monoisotopic (exact) mass is 316 g/mol. The summed E-state index contributed by atoms with van der Waals surface area (Å²) in [6.45, 7) is 3.65. The molecular weight excluding hydrogens is 304 g/mol. The Balaban J connectivity index is 2.13. The SMILES string of the molecule is Cc1cc(C)c(C(=O)O)c(Sc2nccc3sccc23)n1. The Morgan fingerprint density at radius 3 is 2.86 bits per heavy atom. The second-order valence-electron chi connectivity index (χ2n) is 4.62. The van der Waals surface area contributed by atoms with Crippen LogP contribution in [0.15, 0.2) is 39.8 Å². The molecule has 21 heavy (non-hydrogen) atoms. The number of carboxylic acids is 1. The molecule has 0 aromatic carbocycles. The van der Waals surface area contributed by atoms with Crippen LogP contribution in [0.3, 0.4) is 0 Å². The predicted octanol–water partition coefficient (Wildman–Crippen LogP) is 4.16. The van der Waals surface area contributed by atoms with Gasteiger partial charge in [0.2, 0.25) is 0 Å². The minimum Gasteiger partial charge on any atom is -0.478 e. The van der Waals surface area contributed by atoms with E-state index in [4.69, 9.17) is 0 Å². The Kier molecular flexibility index (Phi) is 3.65. The molecule has 3 heterocycles. The van der Waals surface area contributed by atoms with E-state index in [-0.39, 0.29) is 5.56 Å². The Morgan fingerprint density at radius 2 is 2.10 bits per heavy atom. The molecule has 0 atom stereocenters. The minimum absolute atomic E-state index is 0.250. The van der Waals surface area contributed by atoms with Gasteiger partial charge in [-0.2, -0.15) is 0 Å². The molecule has 3 rings (SSSR count). The van der Waals surface area contributed by atoms with Gasteiger partial charge in [-0.1, -0.05) is 0 Å². The molecule has 0 aliphatic carbocycles. The van der Waals surface area contributed by atoms with Crippen LogP contribution in [0.25, 0.3) is 10.1 Å². The molecule has 0 spiro atoms. The molecule has 0 unspecified atom stereocenters. The fourth-order valence-electron chi connectivity index (χ4n) is 2.18. The van der Waals surface area contributed by atoms with E-state index >= 15 is 0 Å². The number of nitrogens with zero attached hydrogens (tertiary/aromatic N) is 2. The van der Waals surface area contributed by atoms with Crippen molar-refractivity contribution in [2.75, 3.05) is 0 Å². The van der Waals surface area contributed by atoms with Crippen molar-refractivity contribution in [3.05, 3.63) is 46.6 Å². The number of carbonyl (C=O) groups is 1. The van der Waals surface area contributed by atoms with Gasteiger partial charge in [0.25, 0.3) is 0 Å². The van der Waals surface area contributed by atoms with E-state index in [0.29, 0.717) is 5.03 Å². The molecule has 0 saturated carbocycles. The van der Waals surface area contributed by atoms with Crippen LogP contribution in [0, 0.1) is 13.8 Å². The largest absolute Gasteiger partial charge is 0.478 e. The number of carboxylic acid groups (broad SMARTS) is 1. The normalized spacial score (nSPS) is 11.0. The highest BCUT2D eigenvalue weighted by molar-refractivity contribution is 7.99. The van der Waals surface area contributed by atoms with E-state index < -0.39 is 5.97 Å². The number of aromatic nitrogens is 2. The van der Waals surface area contributed by atoms with Gasteiger partial charge in [-0.05, 0) is 54.8 Å². The van der Waals surface area contributed by atoms with Crippen molar-refractivity contribution in [2.45, 2.75) is 23.9 Å². The molecule has 0 aliphatic heterocycles. The molecule has 0 fully saturated rings. The fraction of sp³-hybridized carbons (Fsp3) is 0.133. The first kappa shape index (κ1) is 14.0. The number of thiophene rings is 1. The number of hydrogen-bond donors (Lipinski definition) is 1. The summed E-state index contributed by atoms with van der Waals surface area (Å²) in [5.74, 6) is -0.958. The smallest absolute Gasteiger partial charge is 0.338 e. The van der Waals surface area contributed by atoms with Crippen molar-refractivity contribution in [1.29, 1.82) is 0 Å². The maximum atomic E-state index is 11.5. The zero-order valence-corrected chi connectivity index (χ0v) is 13.1. The van der Waals surface area contributed by atoms with Crippen molar-refractivity contribution < 1.29 is 9.90 Å². The number of hydrogen-bond acceptors (Lipinski definition) is 5. The molecule has 0 radical (unpaired) electrons. The second-order valence-corrected chi connectivity index (χ2v) is 6.54. The first-order valence-electron chi connectivity index (χ1n) is 6.28. The number of rotatable bonds is 3. The first-order chi connectivity index (χ1) is 10.1. The van der Waals surface area contributed by atoms with Crippen LogP contribution in [-0.4, -0.2) is 21.0 Å². The van der Waals surface area contributed by atoms with E-state index in [1.54, 1.807) is 30.5 Å².